The first kappa shape index (κ1) is 12.1. The Morgan fingerprint density at radius 3 is 2.31 bits per heavy atom. The Morgan fingerprint density at radius 1 is 1.23 bits per heavy atom. The summed E-state index contributed by atoms with van der Waals surface area (Å²) in [5.74, 6) is -0.0656. The number of ketones is 1. The fourth-order valence-corrected chi connectivity index (χ4v) is 0.932. The van der Waals surface area contributed by atoms with Crippen molar-refractivity contribution in [3.63, 3.8) is 0 Å². The number of esters is 1. The van der Waals surface area contributed by atoms with Crippen LogP contribution in [0.5, 0.6) is 0 Å². The first-order chi connectivity index (χ1) is 6.11. The minimum Gasteiger partial charge on any atom is -0.466 e. The summed E-state index contributed by atoms with van der Waals surface area (Å²) in [7, 11) is 0. The van der Waals surface area contributed by atoms with Gasteiger partial charge in [-0.1, -0.05) is 13.8 Å². The number of hydrogen-bond donors (Lipinski definition) is 0. The molecule has 0 bridgehead atoms. The lowest BCUT2D eigenvalue weighted by molar-refractivity contribution is -0.144. The molecule has 0 aromatic rings. The number of Topliss-reactive ketones (excluding diaryl/α,β-unsaturated/α-hetero) is 1. The lowest BCUT2D eigenvalue weighted by Gasteiger charge is -2.06. The zero-order valence-electron chi connectivity index (χ0n) is 8.63. The highest BCUT2D eigenvalue weighted by atomic mass is 16.5. The lowest BCUT2D eigenvalue weighted by atomic mass is 10.00. The van der Waals surface area contributed by atoms with Crippen LogP contribution in [0.1, 0.15) is 40.0 Å². The predicted octanol–water partition coefficient (Wildman–Crippen LogP) is 1.94. The summed E-state index contributed by atoms with van der Waals surface area (Å²) in [6, 6.07) is 0. The molecule has 0 saturated carbocycles. The van der Waals surface area contributed by atoms with Crippen LogP contribution in [0.3, 0.4) is 0 Å². The van der Waals surface area contributed by atoms with Crippen molar-refractivity contribution in [1.82, 2.24) is 0 Å². The molecule has 76 valence electrons. The molecule has 0 N–H and O–H groups in total. The molecular formula is C10H18O3. The molecule has 0 spiro atoms. The number of carbonyl (C=O) groups is 2. The molecule has 0 radical (unpaired) electrons. The van der Waals surface area contributed by atoms with E-state index in [0.29, 0.717) is 13.0 Å². The van der Waals surface area contributed by atoms with Crippen LogP contribution < -0.4 is 0 Å². The minimum absolute atomic E-state index is 0.0643. The van der Waals surface area contributed by atoms with Crippen molar-refractivity contribution >= 4 is 11.8 Å². The van der Waals surface area contributed by atoms with E-state index in [2.05, 4.69) is 0 Å². The molecule has 3 heteroatoms. The minimum atomic E-state index is -0.279. The first-order valence-electron chi connectivity index (χ1n) is 4.80. The van der Waals surface area contributed by atoms with E-state index in [9.17, 15) is 9.59 Å². The Bertz CT molecular complexity index is 175. The van der Waals surface area contributed by atoms with Gasteiger partial charge in [0.2, 0.25) is 0 Å². The summed E-state index contributed by atoms with van der Waals surface area (Å²) < 4.78 is 4.71. The van der Waals surface area contributed by atoms with Gasteiger partial charge in [0, 0.05) is 12.3 Å². The van der Waals surface area contributed by atoms with Crippen molar-refractivity contribution in [2.45, 2.75) is 40.0 Å². The van der Waals surface area contributed by atoms with E-state index in [0.717, 1.165) is 6.42 Å². The van der Waals surface area contributed by atoms with Crippen molar-refractivity contribution in [2.24, 2.45) is 5.92 Å². The third-order valence-corrected chi connectivity index (χ3v) is 2.04. The highest BCUT2D eigenvalue weighted by Crippen LogP contribution is 2.07. The number of carbonyl (C=O) groups excluding carboxylic acids is 2. The fourth-order valence-electron chi connectivity index (χ4n) is 0.932. The van der Waals surface area contributed by atoms with Gasteiger partial charge in [-0.15, -0.1) is 0 Å². The molecule has 0 aromatic heterocycles. The molecule has 0 rings (SSSR count). The van der Waals surface area contributed by atoms with E-state index >= 15 is 0 Å². The molecule has 0 heterocycles. The molecule has 0 aliphatic carbocycles. The third kappa shape index (κ3) is 5.39. The van der Waals surface area contributed by atoms with E-state index in [1.165, 1.54) is 0 Å². The standard InChI is InChI=1S/C10H18O3/c1-4-8(3)9(11)6-7-10(12)13-5-2/h8H,4-7H2,1-3H3. The van der Waals surface area contributed by atoms with Gasteiger partial charge in [0.15, 0.2) is 0 Å². The van der Waals surface area contributed by atoms with E-state index in [1.54, 1.807) is 6.92 Å². The quantitative estimate of drug-likeness (QED) is 0.595. The van der Waals surface area contributed by atoms with Gasteiger partial charge in [-0.05, 0) is 13.3 Å². The van der Waals surface area contributed by atoms with Crippen LogP contribution in [0.2, 0.25) is 0 Å². The van der Waals surface area contributed by atoms with Crippen molar-refractivity contribution in [3.05, 3.63) is 0 Å². The average Bonchev–Trinajstić information content (AvgIpc) is 2.13. The van der Waals surface area contributed by atoms with Gasteiger partial charge in [-0.25, -0.2) is 0 Å². The van der Waals surface area contributed by atoms with Crippen molar-refractivity contribution in [3.8, 4) is 0 Å². The molecule has 0 saturated heterocycles. The molecule has 0 aliphatic rings. The van der Waals surface area contributed by atoms with Gasteiger partial charge in [-0.2, -0.15) is 0 Å². The van der Waals surface area contributed by atoms with Crippen LogP contribution in [0.25, 0.3) is 0 Å². The van der Waals surface area contributed by atoms with Crippen LogP contribution >= 0.6 is 0 Å². The van der Waals surface area contributed by atoms with Gasteiger partial charge < -0.3 is 4.74 Å². The van der Waals surface area contributed by atoms with Crippen molar-refractivity contribution < 1.29 is 14.3 Å². The van der Waals surface area contributed by atoms with Crippen LogP contribution in [0.15, 0.2) is 0 Å². The van der Waals surface area contributed by atoms with Gasteiger partial charge in [-0.3, -0.25) is 9.59 Å². The molecule has 0 fully saturated rings. The largest absolute Gasteiger partial charge is 0.466 e. The Balaban J connectivity index is 3.63. The lowest BCUT2D eigenvalue weighted by Crippen LogP contribution is -2.13. The van der Waals surface area contributed by atoms with E-state index < -0.39 is 0 Å². The average molecular weight is 186 g/mol. The van der Waals surface area contributed by atoms with Gasteiger partial charge in [0.25, 0.3) is 0 Å². The van der Waals surface area contributed by atoms with Crippen molar-refractivity contribution in [2.75, 3.05) is 6.61 Å². The smallest absolute Gasteiger partial charge is 0.306 e. The van der Waals surface area contributed by atoms with Crippen LogP contribution in [-0.2, 0) is 14.3 Å². The highest BCUT2D eigenvalue weighted by Gasteiger charge is 2.12. The summed E-state index contributed by atoms with van der Waals surface area (Å²) in [6.45, 7) is 5.99. The van der Waals surface area contributed by atoms with Crippen LogP contribution in [0, 0.1) is 5.92 Å². The molecule has 13 heavy (non-hydrogen) atoms. The molecular weight excluding hydrogens is 168 g/mol. The number of ether oxygens (including phenoxy) is 1. The maximum Gasteiger partial charge on any atom is 0.306 e. The summed E-state index contributed by atoms with van der Waals surface area (Å²) in [5, 5.41) is 0. The number of hydrogen-bond acceptors (Lipinski definition) is 3. The SMILES string of the molecule is CCOC(=O)CCC(=O)C(C)CC. The second-order valence-corrected chi connectivity index (χ2v) is 3.08. The Hall–Kier alpha value is -0.860. The summed E-state index contributed by atoms with van der Waals surface area (Å²) >= 11 is 0. The first-order valence-corrected chi connectivity index (χ1v) is 4.80. The molecule has 0 aliphatic heterocycles. The number of rotatable bonds is 6. The van der Waals surface area contributed by atoms with Crippen LogP contribution in [0.4, 0.5) is 0 Å². The molecule has 0 aromatic carbocycles. The summed E-state index contributed by atoms with van der Waals surface area (Å²) in [6.07, 6.45) is 1.37. The Labute approximate surface area is 79.5 Å². The molecule has 0 amide bonds. The summed E-state index contributed by atoms with van der Waals surface area (Å²) in [5.41, 5.74) is 0. The van der Waals surface area contributed by atoms with E-state index in [1.807, 2.05) is 13.8 Å². The molecule has 1 unspecified atom stereocenters. The monoisotopic (exact) mass is 186 g/mol. The van der Waals surface area contributed by atoms with Gasteiger partial charge >= 0.3 is 5.97 Å². The Morgan fingerprint density at radius 2 is 1.85 bits per heavy atom. The van der Waals surface area contributed by atoms with E-state index in [-0.39, 0.29) is 24.1 Å². The molecule has 1 atom stereocenters. The maximum atomic E-state index is 11.3. The maximum absolute atomic E-state index is 11.3. The summed E-state index contributed by atoms with van der Waals surface area (Å²) in [4.78, 5) is 22.2. The normalized spacial score (nSPS) is 12.2. The third-order valence-electron chi connectivity index (χ3n) is 2.04. The zero-order chi connectivity index (χ0) is 10.3. The van der Waals surface area contributed by atoms with Gasteiger partial charge in [0.05, 0.1) is 13.0 Å². The topological polar surface area (TPSA) is 43.4 Å². The zero-order valence-corrected chi connectivity index (χ0v) is 8.63. The van der Waals surface area contributed by atoms with Gasteiger partial charge in [0.1, 0.15) is 5.78 Å². The highest BCUT2D eigenvalue weighted by molar-refractivity contribution is 5.84. The molecule has 3 nitrogen and oxygen atoms in total. The second kappa shape index (κ2) is 6.63. The Kier molecular flexibility index (Phi) is 6.20. The van der Waals surface area contributed by atoms with Crippen LogP contribution in [-0.4, -0.2) is 18.4 Å². The van der Waals surface area contributed by atoms with E-state index in [4.69, 9.17) is 4.74 Å². The predicted molar refractivity (Wildman–Crippen MR) is 50.3 cm³/mol. The second-order valence-electron chi connectivity index (χ2n) is 3.08. The van der Waals surface area contributed by atoms with Crippen molar-refractivity contribution in [1.29, 1.82) is 0 Å². The fraction of sp³-hybridized carbons (Fsp3) is 0.800.